The number of benzene rings is 1. The summed E-state index contributed by atoms with van der Waals surface area (Å²) in [7, 11) is 1.98. The van der Waals surface area contributed by atoms with Crippen LogP contribution < -0.4 is 10.6 Å². The molecule has 1 aromatic carbocycles. The minimum absolute atomic E-state index is 0. The molecule has 4 nitrogen and oxygen atoms in total. The normalized spacial score (nSPS) is 19.8. The summed E-state index contributed by atoms with van der Waals surface area (Å²) in [6.45, 7) is 7.81. The van der Waals surface area contributed by atoms with Gasteiger partial charge in [-0.1, -0.05) is 17.7 Å². The van der Waals surface area contributed by atoms with Crippen molar-refractivity contribution < 1.29 is 4.79 Å². The topological polar surface area (TPSA) is 44.4 Å². The molecule has 2 rings (SSSR count). The van der Waals surface area contributed by atoms with E-state index in [9.17, 15) is 4.79 Å². The Morgan fingerprint density at radius 1 is 1.39 bits per heavy atom. The van der Waals surface area contributed by atoms with E-state index in [0.717, 1.165) is 36.3 Å². The molecule has 1 aliphatic heterocycles. The van der Waals surface area contributed by atoms with Crippen molar-refractivity contribution in [3.05, 3.63) is 28.3 Å². The van der Waals surface area contributed by atoms with E-state index in [1.54, 1.807) is 0 Å². The summed E-state index contributed by atoms with van der Waals surface area (Å²) in [4.78, 5) is 14.8. The molecule has 2 N–H and O–H groups in total. The van der Waals surface area contributed by atoms with Gasteiger partial charge in [-0.2, -0.15) is 0 Å². The first-order valence-corrected chi connectivity index (χ1v) is 8.29. The molecule has 0 aromatic heterocycles. The maximum Gasteiger partial charge on any atom is 0.241 e. The number of carbonyl (C=O) groups excluding carboxylic acids is 1. The highest BCUT2D eigenvalue weighted by atomic mass is 35.5. The third-order valence-electron chi connectivity index (χ3n) is 4.47. The number of nitrogens with one attached hydrogen (secondary N) is 2. The van der Waals surface area contributed by atoms with Crippen LogP contribution in [-0.4, -0.2) is 43.0 Å². The quantitative estimate of drug-likeness (QED) is 0.865. The minimum atomic E-state index is -0.159. The van der Waals surface area contributed by atoms with E-state index in [1.165, 1.54) is 6.42 Å². The standard InChI is InChI=1S/C17H26ClN3O.ClH/c1-11-8-12(2)16(15(18)9-11)20-17(22)13(3)21-7-5-6-14(10-21)19-4;/h8-9,13-14,19H,5-7,10H2,1-4H3,(H,20,22);1H. The van der Waals surface area contributed by atoms with Gasteiger partial charge >= 0.3 is 0 Å². The molecule has 2 unspecified atom stereocenters. The zero-order chi connectivity index (χ0) is 16.3. The Hall–Kier alpha value is -0.810. The van der Waals surface area contributed by atoms with E-state index in [1.807, 2.05) is 40.0 Å². The fraction of sp³-hybridized carbons (Fsp3) is 0.588. The Kier molecular flexibility index (Phi) is 7.81. The fourth-order valence-corrected chi connectivity index (χ4v) is 3.43. The number of anilines is 1. The molecule has 0 radical (unpaired) electrons. The molecule has 1 amide bonds. The maximum atomic E-state index is 12.6. The van der Waals surface area contributed by atoms with Crippen LogP contribution in [0.25, 0.3) is 0 Å². The van der Waals surface area contributed by atoms with Gasteiger partial charge in [0.2, 0.25) is 5.91 Å². The summed E-state index contributed by atoms with van der Waals surface area (Å²) in [6.07, 6.45) is 2.29. The first-order chi connectivity index (χ1) is 10.4. The van der Waals surface area contributed by atoms with Crippen molar-refractivity contribution in [3.63, 3.8) is 0 Å². The summed E-state index contributed by atoms with van der Waals surface area (Å²) >= 11 is 6.28. The molecule has 0 aliphatic carbocycles. The number of likely N-dealkylation sites (tertiary alicyclic amines) is 1. The number of carbonyl (C=O) groups is 1. The van der Waals surface area contributed by atoms with Crippen LogP contribution >= 0.6 is 24.0 Å². The van der Waals surface area contributed by atoms with Crippen molar-refractivity contribution in [3.8, 4) is 0 Å². The number of halogens is 2. The van der Waals surface area contributed by atoms with Gasteiger partial charge in [0.05, 0.1) is 16.8 Å². The Morgan fingerprint density at radius 2 is 2.09 bits per heavy atom. The van der Waals surface area contributed by atoms with Crippen molar-refractivity contribution in [1.29, 1.82) is 0 Å². The highest BCUT2D eigenvalue weighted by Gasteiger charge is 2.27. The highest BCUT2D eigenvalue weighted by molar-refractivity contribution is 6.34. The van der Waals surface area contributed by atoms with Crippen molar-refractivity contribution in [2.45, 2.75) is 45.7 Å². The Morgan fingerprint density at radius 3 is 2.70 bits per heavy atom. The van der Waals surface area contributed by atoms with Gasteiger partial charge in [0, 0.05) is 12.6 Å². The highest BCUT2D eigenvalue weighted by Crippen LogP contribution is 2.27. The van der Waals surface area contributed by atoms with Gasteiger partial charge in [0.1, 0.15) is 0 Å². The SMILES string of the molecule is CNC1CCCN(C(C)C(=O)Nc2c(C)cc(C)cc2Cl)C1.Cl. The van der Waals surface area contributed by atoms with Gasteiger partial charge in [-0.05, 0) is 64.4 Å². The van der Waals surface area contributed by atoms with Gasteiger partial charge in [-0.25, -0.2) is 0 Å². The molecule has 2 atom stereocenters. The second kappa shape index (κ2) is 8.88. The lowest BCUT2D eigenvalue weighted by atomic mass is 10.0. The van der Waals surface area contributed by atoms with Crippen LogP contribution in [0.5, 0.6) is 0 Å². The molecule has 1 aromatic rings. The van der Waals surface area contributed by atoms with Crippen molar-refractivity contribution in [1.82, 2.24) is 10.2 Å². The molecule has 1 aliphatic rings. The van der Waals surface area contributed by atoms with Crippen LogP contribution in [-0.2, 0) is 4.79 Å². The Labute approximate surface area is 150 Å². The van der Waals surface area contributed by atoms with Crippen LogP contribution in [0.4, 0.5) is 5.69 Å². The lowest BCUT2D eigenvalue weighted by molar-refractivity contribution is -0.121. The molecule has 23 heavy (non-hydrogen) atoms. The van der Waals surface area contributed by atoms with E-state index >= 15 is 0 Å². The molecule has 1 saturated heterocycles. The largest absolute Gasteiger partial charge is 0.323 e. The summed E-state index contributed by atoms with van der Waals surface area (Å²) in [6, 6.07) is 4.22. The molecule has 0 bridgehead atoms. The Balaban J connectivity index is 0.00000264. The van der Waals surface area contributed by atoms with Crippen molar-refractivity contribution >= 4 is 35.6 Å². The predicted molar refractivity (Wildman–Crippen MR) is 99.9 cm³/mol. The second-order valence-corrected chi connectivity index (χ2v) is 6.63. The van der Waals surface area contributed by atoms with Gasteiger partial charge in [-0.15, -0.1) is 12.4 Å². The van der Waals surface area contributed by atoms with Crippen LogP contribution in [0.2, 0.25) is 5.02 Å². The third-order valence-corrected chi connectivity index (χ3v) is 4.77. The smallest absolute Gasteiger partial charge is 0.241 e. The number of hydrogen-bond donors (Lipinski definition) is 2. The van der Waals surface area contributed by atoms with Crippen LogP contribution in [0, 0.1) is 13.8 Å². The van der Waals surface area contributed by atoms with E-state index in [4.69, 9.17) is 11.6 Å². The molecule has 130 valence electrons. The summed E-state index contributed by atoms with van der Waals surface area (Å²) < 4.78 is 0. The van der Waals surface area contributed by atoms with Gasteiger partial charge in [-0.3, -0.25) is 9.69 Å². The van der Waals surface area contributed by atoms with Gasteiger partial charge in [0.15, 0.2) is 0 Å². The van der Waals surface area contributed by atoms with E-state index in [-0.39, 0.29) is 24.4 Å². The first-order valence-electron chi connectivity index (χ1n) is 7.91. The first kappa shape index (κ1) is 20.2. The number of nitrogens with zero attached hydrogens (tertiary/aromatic N) is 1. The second-order valence-electron chi connectivity index (χ2n) is 6.23. The summed E-state index contributed by atoms with van der Waals surface area (Å²) in [5.41, 5.74) is 2.82. The van der Waals surface area contributed by atoms with Crippen molar-refractivity contribution in [2.24, 2.45) is 0 Å². The van der Waals surface area contributed by atoms with Crippen LogP contribution in [0.15, 0.2) is 12.1 Å². The molecule has 1 heterocycles. The molecule has 0 saturated carbocycles. The van der Waals surface area contributed by atoms with E-state index in [0.29, 0.717) is 11.1 Å². The number of amides is 1. The molecular weight excluding hydrogens is 333 g/mol. The maximum absolute atomic E-state index is 12.6. The van der Waals surface area contributed by atoms with Crippen LogP contribution in [0.1, 0.15) is 30.9 Å². The van der Waals surface area contributed by atoms with Gasteiger partial charge in [0.25, 0.3) is 0 Å². The monoisotopic (exact) mass is 359 g/mol. The fourth-order valence-electron chi connectivity index (χ4n) is 3.06. The number of hydrogen-bond acceptors (Lipinski definition) is 3. The van der Waals surface area contributed by atoms with Gasteiger partial charge < -0.3 is 10.6 Å². The summed E-state index contributed by atoms with van der Waals surface area (Å²) in [5, 5.41) is 6.91. The summed E-state index contributed by atoms with van der Waals surface area (Å²) in [5.74, 6) is 0.00519. The average molecular weight is 360 g/mol. The number of aryl methyl sites for hydroxylation is 2. The minimum Gasteiger partial charge on any atom is -0.323 e. The lowest BCUT2D eigenvalue weighted by Crippen LogP contribution is -2.51. The molecular formula is C17H27Cl2N3O. The van der Waals surface area contributed by atoms with Crippen LogP contribution in [0.3, 0.4) is 0 Å². The van der Waals surface area contributed by atoms with E-state index in [2.05, 4.69) is 15.5 Å². The molecule has 0 spiro atoms. The molecule has 6 heteroatoms. The zero-order valence-electron chi connectivity index (χ0n) is 14.3. The third kappa shape index (κ3) is 5.08. The number of piperidine rings is 1. The van der Waals surface area contributed by atoms with E-state index < -0.39 is 0 Å². The molecule has 1 fully saturated rings. The number of likely N-dealkylation sites (N-methyl/N-ethyl adjacent to an activating group) is 1. The van der Waals surface area contributed by atoms with Crippen molar-refractivity contribution in [2.75, 3.05) is 25.5 Å². The Bertz CT molecular complexity index is 528. The number of rotatable bonds is 4. The predicted octanol–water partition coefficient (Wildman–Crippen LogP) is 3.39. The zero-order valence-corrected chi connectivity index (χ0v) is 15.9. The lowest BCUT2D eigenvalue weighted by Gasteiger charge is -2.36. The average Bonchev–Trinajstić information content (AvgIpc) is 2.49.